The van der Waals surface area contributed by atoms with E-state index in [2.05, 4.69) is 5.32 Å². The number of carbonyl (C=O) groups excluding carboxylic acids is 2. The van der Waals surface area contributed by atoms with Crippen molar-refractivity contribution >= 4 is 22.0 Å². The van der Waals surface area contributed by atoms with Gasteiger partial charge in [0.1, 0.15) is 11.4 Å². The fourth-order valence-corrected chi connectivity index (χ4v) is 2.77. The van der Waals surface area contributed by atoms with Crippen LogP contribution in [0.5, 0.6) is 5.75 Å². The van der Waals surface area contributed by atoms with Crippen molar-refractivity contribution in [3.63, 3.8) is 0 Å². The molecule has 26 heavy (non-hydrogen) atoms. The lowest BCUT2D eigenvalue weighted by Crippen LogP contribution is -2.32. The van der Waals surface area contributed by atoms with E-state index in [0.29, 0.717) is 13.0 Å². The molecule has 0 radical (unpaired) electrons. The van der Waals surface area contributed by atoms with Crippen LogP contribution >= 0.6 is 0 Å². The Morgan fingerprint density at radius 1 is 1.15 bits per heavy atom. The molecule has 0 spiro atoms. The van der Waals surface area contributed by atoms with Crippen molar-refractivity contribution in [1.29, 1.82) is 0 Å². The summed E-state index contributed by atoms with van der Waals surface area (Å²) in [6.45, 7) is 7.16. The molecule has 0 aliphatic rings. The zero-order chi connectivity index (χ0) is 20.0. The zero-order valence-electron chi connectivity index (χ0n) is 15.9. The number of ether oxygens (including phenoxy) is 1. The molecule has 146 valence electrons. The third kappa shape index (κ3) is 10.0. The lowest BCUT2D eigenvalue weighted by Gasteiger charge is -2.22. The van der Waals surface area contributed by atoms with Gasteiger partial charge in [-0.1, -0.05) is 12.1 Å². The average Bonchev–Trinajstić information content (AvgIpc) is 2.43. The SMILES string of the molecule is CC(=O)NCC(CC(=O)OC(C)(C)C)Cc1ccc(OS(C)(=O)=O)cc1. The van der Waals surface area contributed by atoms with E-state index in [0.717, 1.165) is 11.8 Å². The molecule has 0 aromatic heterocycles. The molecule has 0 aliphatic heterocycles. The summed E-state index contributed by atoms with van der Waals surface area (Å²) in [7, 11) is -3.57. The first kappa shape index (κ1) is 22.0. The predicted molar refractivity (Wildman–Crippen MR) is 98.3 cm³/mol. The molecule has 7 nitrogen and oxygen atoms in total. The van der Waals surface area contributed by atoms with E-state index in [1.165, 1.54) is 6.92 Å². The minimum Gasteiger partial charge on any atom is -0.460 e. The smallest absolute Gasteiger partial charge is 0.306 e. The van der Waals surface area contributed by atoms with Gasteiger partial charge in [0.05, 0.1) is 12.7 Å². The Morgan fingerprint density at radius 2 is 1.73 bits per heavy atom. The van der Waals surface area contributed by atoms with Gasteiger partial charge in [0.2, 0.25) is 5.91 Å². The molecule has 0 bridgehead atoms. The molecule has 1 atom stereocenters. The predicted octanol–water partition coefficient (Wildman–Crippen LogP) is 2.05. The lowest BCUT2D eigenvalue weighted by molar-refractivity contribution is -0.156. The van der Waals surface area contributed by atoms with Gasteiger partial charge in [-0.3, -0.25) is 9.59 Å². The van der Waals surface area contributed by atoms with E-state index < -0.39 is 15.7 Å². The maximum absolute atomic E-state index is 12.1. The third-order valence-corrected chi connectivity index (χ3v) is 3.71. The Hall–Kier alpha value is -2.09. The number of hydrogen-bond acceptors (Lipinski definition) is 6. The minimum atomic E-state index is -3.57. The van der Waals surface area contributed by atoms with Crippen molar-refractivity contribution in [2.45, 2.75) is 46.1 Å². The first-order valence-corrected chi connectivity index (χ1v) is 10.1. The molecule has 0 fully saturated rings. The Labute approximate surface area is 155 Å². The largest absolute Gasteiger partial charge is 0.460 e. The molecular formula is C18H27NO6S. The number of amides is 1. The average molecular weight is 385 g/mol. The molecule has 0 saturated heterocycles. The van der Waals surface area contributed by atoms with Crippen LogP contribution < -0.4 is 9.50 Å². The molecule has 0 aliphatic carbocycles. The summed E-state index contributed by atoms with van der Waals surface area (Å²) in [5.41, 5.74) is 0.324. The normalized spacial score (nSPS) is 13.0. The van der Waals surface area contributed by atoms with E-state index in [9.17, 15) is 18.0 Å². The summed E-state index contributed by atoms with van der Waals surface area (Å²) in [6, 6.07) is 6.57. The number of nitrogens with one attached hydrogen (secondary N) is 1. The van der Waals surface area contributed by atoms with Crippen LogP contribution in [0.2, 0.25) is 0 Å². The van der Waals surface area contributed by atoms with Crippen LogP contribution in [-0.2, 0) is 30.9 Å². The van der Waals surface area contributed by atoms with Crippen LogP contribution in [0.15, 0.2) is 24.3 Å². The second-order valence-corrected chi connectivity index (χ2v) is 8.80. The van der Waals surface area contributed by atoms with Crippen molar-refractivity contribution in [3.8, 4) is 5.75 Å². The molecule has 0 heterocycles. The fraction of sp³-hybridized carbons (Fsp3) is 0.556. The Balaban J connectivity index is 2.78. The Bertz CT molecular complexity index is 719. The van der Waals surface area contributed by atoms with Gasteiger partial charge in [-0.25, -0.2) is 0 Å². The highest BCUT2D eigenvalue weighted by Crippen LogP contribution is 2.19. The van der Waals surface area contributed by atoms with Crippen LogP contribution in [0.1, 0.15) is 39.7 Å². The van der Waals surface area contributed by atoms with Gasteiger partial charge < -0.3 is 14.2 Å². The van der Waals surface area contributed by atoms with E-state index in [-0.39, 0.29) is 30.0 Å². The van der Waals surface area contributed by atoms with Crippen LogP contribution in [0.4, 0.5) is 0 Å². The molecule has 1 aromatic carbocycles. The van der Waals surface area contributed by atoms with Gasteiger partial charge in [-0.15, -0.1) is 0 Å². The zero-order valence-corrected chi connectivity index (χ0v) is 16.7. The van der Waals surface area contributed by atoms with Crippen LogP contribution in [0.3, 0.4) is 0 Å². The lowest BCUT2D eigenvalue weighted by atomic mass is 9.96. The van der Waals surface area contributed by atoms with E-state index >= 15 is 0 Å². The summed E-state index contributed by atoms with van der Waals surface area (Å²) in [5, 5.41) is 2.73. The molecule has 1 N–H and O–H groups in total. The van der Waals surface area contributed by atoms with Crippen molar-refractivity contribution in [2.24, 2.45) is 5.92 Å². The van der Waals surface area contributed by atoms with Gasteiger partial charge in [0.25, 0.3) is 0 Å². The van der Waals surface area contributed by atoms with Gasteiger partial charge >= 0.3 is 16.1 Å². The second-order valence-electron chi connectivity index (χ2n) is 7.23. The van der Waals surface area contributed by atoms with Gasteiger partial charge in [0.15, 0.2) is 0 Å². The number of rotatable bonds is 8. The molecule has 1 aromatic rings. The maximum atomic E-state index is 12.1. The Kier molecular flexibility index (Phi) is 7.62. The second kappa shape index (κ2) is 9.02. The molecule has 1 amide bonds. The van der Waals surface area contributed by atoms with Crippen LogP contribution in [0.25, 0.3) is 0 Å². The van der Waals surface area contributed by atoms with E-state index in [1.54, 1.807) is 45.0 Å². The highest BCUT2D eigenvalue weighted by atomic mass is 32.2. The van der Waals surface area contributed by atoms with Gasteiger partial charge in [-0.05, 0) is 50.8 Å². The summed E-state index contributed by atoms with van der Waals surface area (Å²) in [4.78, 5) is 23.3. The number of benzene rings is 1. The summed E-state index contributed by atoms with van der Waals surface area (Å²) in [5.74, 6) is -0.418. The highest BCUT2D eigenvalue weighted by Gasteiger charge is 2.21. The monoisotopic (exact) mass is 385 g/mol. The topological polar surface area (TPSA) is 98.8 Å². The maximum Gasteiger partial charge on any atom is 0.306 e. The van der Waals surface area contributed by atoms with Crippen molar-refractivity contribution in [3.05, 3.63) is 29.8 Å². The molecule has 0 saturated carbocycles. The quantitative estimate of drug-likeness (QED) is 0.543. The van der Waals surface area contributed by atoms with Crippen LogP contribution in [-0.4, -0.2) is 38.7 Å². The third-order valence-electron chi connectivity index (χ3n) is 3.21. The number of esters is 1. The standard InChI is InChI=1S/C18H27NO6S/c1-13(20)19-12-15(11-17(21)24-18(2,3)4)10-14-6-8-16(9-7-14)25-26(5,22)23/h6-9,15H,10-12H2,1-5H3,(H,19,20). The molecular weight excluding hydrogens is 358 g/mol. The first-order valence-electron chi connectivity index (χ1n) is 8.29. The molecule has 8 heteroatoms. The summed E-state index contributed by atoms with van der Waals surface area (Å²) >= 11 is 0. The molecule has 1 unspecified atom stereocenters. The van der Waals surface area contributed by atoms with Gasteiger partial charge in [-0.2, -0.15) is 8.42 Å². The van der Waals surface area contributed by atoms with Gasteiger partial charge in [0, 0.05) is 13.5 Å². The summed E-state index contributed by atoms with van der Waals surface area (Å²) in [6.07, 6.45) is 1.67. The summed E-state index contributed by atoms with van der Waals surface area (Å²) < 4.78 is 32.4. The number of carbonyl (C=O) groups is 2. The highest BCUT2D eigenvalue weighted by molar-refractivity contribution is 7.86. The van der Waals surface area contributed by atoms with Crippen molar-refractivity contribution in [1.82, 2.24) is 5.32 Å². The van der Waals surface area contributed by atoms with Crippen molar-refractivity contribution in [2.75, 3.05) is 12.8 Å². The first-order chi connectivity index (χ1) is 11.8. The number of hydrogen-bond donors (Lipinski definition) is 1. The van der Waals surface area contributed by atoms with E-state index in [1.807, 2.05) is 0 Å². The molecule has 1 rings (SSSR count). The van der Waals surface area contributed by atoms with Crippen LogP contribution in [0, 0.1) is 5.92 Å². The minimum absolute atomic E-state index is 0.143. The Morgan fingerprint density at radius 3 is 2.19 bits per heavy atom. The fourth-order valence-electron chi connectivity index (χ4n) is 2.31. The van der Waals surface area contributed by atoms with E-state index in [4.69, 9.17) is 8.92 Å². The van der Waals surface area contributed by atoms with Crippen molar-refractivity contribution < 1.29 is 26.9 Å².